The Kier molecular flexibility index (Phi) is 5.71. The fourth-order valence-corrected chi connectivity index (χ4v) is 8.58. The highest BCUT2D eigenvalue weighted by Gasteiger charge is 2.37. The molecule has 0 N–H and O–H groups in total. The number of aryl methyl sites for hydroxylation is 2. The molecule has 0 spiro atoms. The molecule has 0 aliphatic heterocycles. The van der Waals surface area contributed by atoms with Crippen molar-refractivity contribution < 1.29 is 0 Å². The summed E-state index contributed by atoms with van der Waals surface area (Å²) in [4.78, 5) is 0. The summed E-state index contributed by atoms with van der Waals surface area (Å²) in [5.74, 6) is 0. The average molecular weight is 399 g/mol. The van der Waals surface area contributed by atoms with Gasteiger partial charge >= 0.3 is 0 Å². The Morgan fingerprint density at radius 1 is 0.586 bits per heavy atom. The van der Waals surface area contributed by atoms with Gasteiger partial charge in [0.05, 0.1) is 9.52 Å². The fourth-order valence-electron chi connectivity index (χ4n) is 5.80. The maximum absolute atomic E-state index is 2.39. The van der Waals surface area contributed by atoms with Crippen LogP contribution in [0.5, 0.6) is 0 Å². The Labute approximate surface area is 180 Å². The lowest BCUT2D eigenvalue weighted by atomic mass is 9.98. The summed E-state index contributed by atoms with van der Waals surface area (Å²) in [6.07, 6.45) is 4.52. The van der Waals surface area contributed by atoms with Crippen LogP contribution in [-0.4, -0.2) is 9.52 Å². The maximum Gasteiger partial charge on any atom is 0.0575 e. The van der Waals surface area contributed by atoms with Gasteiger partial charge in [0.15, 0.2) is 0 Å². The van der Waals surface area contributed by atoms with Crippen molar-refractivity contribution in [3.8, 4) is 0 Å². The second kappa shape index (κ2) is 8.11. The van der Waals surface area contributed by atoms with E-state index in [-0.39, 0.29) is 0 Å². The third-order valence-electron chi connectivity index (χ3n) is 7.16. The quantitative estimate of drug-likeness (QED) is 0.468. The van der Waals surface area contributed by atoms with Crippen molar-refractivity contribution in [1.29, 1.82) is 0 Å². The average Bonchev–Trinajstić information content (AvgIpc) is 3.19. The van der Waals surface area contributed by atoms with Crippen LogP contribution >= 0.6 is 0 Å². The van der Waals surface area contributed by atoms with Gasteiger partial charge in [0, 0.05) is 11.1 Å². The Bertz CT molecular complexity index is 923. The van der Waals surface area contributed by atoms with E-state index in [2.05, 4.69) is 77.9 Å². The van der Waals surface area contributed by atoms with Crippen LogP contribution in [0.3, 0.4) is 0 Å². The summed E-state index contributed by atoms with van der Waals surface area (Å²) in [6.45, 7) is 14.0. The summed E-state index contributed by atoms with van der Waals surface area (Å²) in [5.41, 5.74) is 19.0. The summed E-state index contributed by atoms with van der Waals surface area (Å²) >= 11 is 0. The molecular weight excluding hydrogens is 364 g/mol. The van der Waals surface area contributed by atoms with Crippen molar-refractivity contribution in [1.82, 2.24) is 0 Å². The highest BCUT2D eigenvalue weighted by Crippen LogP contribution is 2.49. The molecule has 0 aromatic heterocycles. The molecule has 0 nitrogen and oxygen atoms in total. The summed E-state index contributed by atoms with van der Waals surface area (Å²) in [5, 5.41) is 0. The van der Waals surface area contributed by atoms with Crippen molar-refractivity contribution in [2.75, 3.05) is 0 Å². The molecule has 4 rings (SSSR count). The minimum absolute atomic E-state index is 0.563. The number of hydrogen-bond donors (Lipinski definition) is 0. The van der Waals surface area contributed by atoms with E-state index in [4.69, 9.17) is 0 Å². The van der Waals surface area contributed by atoms with E-state index < -0.39 is 9.52 Å². The molecule has 29 heavy (non-hydrogen) atoms. The Hall–Kier alpha value is -1.86. The number of benzene rings is 2. The Morgan fingerprint density at radius 3 is 1.34 bits per heavy atom. The normalized spacial score (nSPS) is 16.8. The van der Waals surface area contributed by atoms with Gasteiger partial charge in [0.2, 0.25) is 0 Å². The second-order valence-corrected chi connectivity index (χ2v) is 10.2. The van der Waals surface area contributed by atoms with Crippen LogP contribution in [0.4, 0.5) is 0 Å². The number of rotatable bonds is 6. The van der Waals surface area contributed by atoms with Crippen LogP contribution < -0.4 is 0 Å². The first kappa shape index (κ1) is 20.4. The number of fused-ring (bicyclic) bond motifs is 2. The monoisotopic (exact) mass is 398 g/mol. The number of allylic oxidation sites excluding steroid dienone is 4. The predicted octanol–water partition coefficient (Wildman–Crippen LogP) is 6.83. The van der Waals surface area contributed by atoms with E-state index in [1.807, 2.05) is 0 Å². The van der Waals surface area contributed by atoms with Crippen molar-refractivity contribution in [3.05, 3.63) is 92.0 Å². The molecule has 1 heteroatoms. The minimum atomic E-state index is -0.563. The standard InChI is InChI=1S/C28H34Si/c1-7-19-13-11-15-23-25(19)17(5)21(9-3)27(23)29-28-22(10-4)18(6)26-20(8-2)14-12-16-24(26)28/h11-16H,7-10,29H2,1-6H3. The number of hydrogen-bond acceptors (Lipinski definition) is 0. The minimum Gasteiger partial charge on any atom is -0.0617 e. The molecule has 2 aliphatic carbocycles. The smallest absolute Gasteiger partial charge is 0.0575 e. The molecule has 150 valence electrons. The van der Waals surface area contributed by atoms with Gasteiger partial charge in [0.1, 0.15) is 0 Å². The predicted molar refractivity (Wildman–Crippen MR) is 131 cm³/mol. The molecule has 0 saturated carbocycles. The van der Waals surface area contributed by atoms with Crippen molar-refractivity contribution in [3.63, 3.8) is 0 Å². The van der Waals surface area contributed by atoms with Gasteiger partial charge in [-0.15, -0.1) is 0 Å². The molecule has 0 unspecified atom stereocenters. The van der Waals surface area contributed by atoms with E-state index >= 15 is 0 Å². The van der Waals surface area contributed by atoms with E-state index in [1.165, 1.54) is 11.1 Å². The lowest BCUT2D eigenvalue weighted by Crippen LogP contribution is -2.19. The van der Waals surface area contributed by atoms with Crippen LogP contribution in [0.2, 0.25) is 0 Å². The van der Waals surface area contributed by atoms with Crippen LogP contribution in [-0.2, 0) is 12.8 Å². The lowest BCUT2D eigenvalue weighted by molar-refractivity contribution is 1.09. The molecule has 2 aliphatic rings. The van der Waals surface area contributed by atoms with Crippen LogP contribution in [0, 0.1) is 11.1 Å². The summed E-state index contributed by atoms with van der Waals surface area (Å²) < 4.78 is 0. The third kappa shape index (κ3) is 3.10. The lowest BCUT2D eigenvalue weighted by Gasteiger charge is -2.22. The molecule has 2 radical (unpaired) electrons. The van der Waals surface area contributed by atoms with E-state index in [1.54, 1.807) is 55.6 Å². The van der Waals surface area contributed by atoms with E-state index in [0.717, 1.165) is 25.7 Å². The van der Waals surface area contributed by atoms with Gasteiger partial charge in [-0.1, -0.05) is 75.2 Å². The zero-order chi connectivity index (χ0) is 20.7. The molecule has 0 amide bonds. The molecule has 2 aromatic rings. The van der Waals surface area contributed by atoms with Crippen molar-refractivity contribution in [2.24, 2.45) is 0 Å². The van der Waals surface area contributed by atoms with E-state index in [0.29, 0.717) is 0 Å². The first-order chi connectivity index (χ1) is 14.1. The second-order valence-electron chi connectivity index (χ2n) is 8.43. The van der Waals surface area contributed by atoms with Gasteiger partial charge in [-0.05, 0) is 84.1 Å². The van der Waals surface area contributed by atoms with Gasteiger partial charge in [0.25, 0.3) is 0 Å². The first-order valence-electron chi connectivity index (χ1n) is 11.4. The van der Waals surface area contributed by atoms with Crippen LogP contribution in [0.25, 0.3) is 11.1 Å². The third-order valence-corrected chi connectivity index (χ3v) is 9.48. The highest BCUT2D eigenvalue weighted by molar-refractivity contribution is 6.57. The van der Waals surface area contributed by atoms with Crippen molar-refractivity contribution in [2.45, 2.75) is 67.2 Å². The molecule has 2 aromatic carbocycles. The fraction of sp³-hybridized carbons (Fsp3) is 0.357. The van der Waals surface area contributed by atoms with Gasteiger partial charge in [-0.3, -0.25) is 0 Å². The molecule has 0 bridgehead atoms. The molecule has 0 saturated heterocycles. The van der Waals surface area contributed by atoms with Crippen LogP contribution in [0.1, 0.15) is 87.8 Å². The zero-order valence-electron chi connectivity index (χ0n) is 19.0. The van der Waals surface area contributed by atoms with Crippen molar-refractivity contribution >= 4 is 20.7 Å². The molecule has 0 heterocycles. The summed E-state index contributed by atoms with van der Waals surface area (Å²) in [6, 6.07) is 14.0. The maximum atomic E-state index is 2.39. The molecular formula is C28H34Si. The van der Waals surface area contributed by atoms with Gasteiger partial charge in [-0.2, -0.15) is 0 Å². The molecule has 0 atom stereocenters. The highest BCUT2D eigenvalue weighted by atomic mass is 28.2. The molecule has 0 fully saturated rings. The van der Waals surface area contributed by atoms with Gasteiger partial charge < -0.3 is 0 Å². The largest absolute Gasteiger partial charge is 0.0617 e. The van der Waals surface area contributed by atoms with Crippen LogP contribution in [0.15, 0.2) is 47.5 Å². The SMILES string of the molecule is CCC1=C(C)c2c(CC)cccc2[C]1[SiH2][C]1C(CC)=C(C)c2c(CC)cccc21. The zero-order valence-corrected chi connectivity index (χ0v) is 20.4. The first-order valence-corrected chi connectivity index (χ1v) is 12.9. The summed E-state index contributed by atoms with van der Waals surface area (Å²) in [7, 11) is -0.563. The van der Waals surface area contributed by atoms with E-state index in [9.17, 15) is 0 Å². The Morgan fingerprint density at radius 2 is 1.00 bits per heavy atom. The topological polar surface area (TPSA) is 0 Å². The van der Waals surface area contributed by atoms with Gasteiger partial charge in [-0.25, -0.2) is 0 Å². The Balaban J connectivity index is 1.82.